The van der Waals surface area contributed by atoms with Crippen LogP contribution in [0, 0.1) is 17.3 Å². The number of hydrogen-bond acceptors (Lipinski definition) is 3. The zero-order valence-corrected chi connectivity index (χ0v) is 12.3. The lowest BCUT2D eigenvalue weighted by atomic mass is 9.74. The molecule has 4 heteroatoms. The molecule has 2 saturated heterocycles. The molecule has 0 bridgehead atoms. The quantitative estimate of drug-likeness (QED) is 0.795. The first-order valence-corrected chi connectivity index (χ1v) is 7.67. The van der Waals surface area contributed by atoms with Gasteiger partial charge in [-0.1, -0.05) is 13.8 Å². The Morgan fingerprint density at radius 1 is 1.42 bits per heavy atom. The van der Waals surface area contributed by atoms with Crippen LogP contribution in [0.25, 0.3) is 0 Å². The fourth-order valence-electron chi connectivity index (χ4n) is 3.08. The van der Waals surface area contributed by atoms with Gasteiger partial charge in [0.15, 0.2) is 0 Å². The van der Waals surface area contributed by atoms with E-state index in [1.54, 1.807) is 0 Å². The molecule has 2 aliphatic heterocycles. The van der Waals surface area contributed by atoms with Gasteiger partial charge in [0.05, 0.1) is 0 Å². The standard InChI is InChI=1S/C15H28N2O2/c1-15(2,13-4-3-7-16-10-13)14(18)17-8-5-12-6-9-19-11-12/h12-13,16H,3-11H2,1-2H3,(H,17,18). The van der Waals surface area contributed by atoms with Crippen LogP contribution in [0.15, 0.2) is 0 Å². The Kier molecular flexibility index (Phi) is 5.22. The van der Waals surface area contributed by atoms with Crippen molar-refractivity contribution in [2.45, 2.75) is 39.5 Å². The molecule has 0 spiro atoms. The molecular weight excluding hydrogens is 240 g/mol. The largest absolute Gasteiger partial charge is 0.381 e. The predicted molar refractivity (Wildman–Crippen MR) is 75.9 cm³/mol. The number of rotatable bonds is 5. The third-order valence-corrected chi connectivity index (χ3v) is 4.76. The SMILES string of the molecule is CC(C)(C(=O)NCCC1CCOC1)C1CCCNC1. The summed E-state index contributed by atoms with van der Waals surface area (Å²) < 4.78 is 5.36. The number of nitrogens with one attached hydrogen (secondary N) is 2. The molecule has 2 unspecified atom stereocenters. The number of ether oxygens (including phenoxy) is 1. The molecule has 0 aromatic rings. The summed E-state index contributed by atoms with van der Waals surface area (Å²) in [6.07, 6.45) is 4.53. The molecule has 2 N–H and O–H groups in total. The van der Waals surface area contributed by atoms with E-state index >= 15 is 0 Å². The molecule has 2 heterocycles. The van der Waals surface area contributed by atoms with Crippen molar-refractivity contribution in [3.63, 3.8) is 0 Å². The van der Waals surface area contributed by atoms with E-state index in [1.165, 1.54) is 6.42 Å². The summed E-state index contributed by atoms with van der Waals surface area (Å²) >= 11 is 0. The minimum atomic E-state index is -0.264. The number of carbonyl (C=O) groups excluding carboxylic acids is 1. The number of amides is 1. The number of carbonyl (C=O) groups is 1. The van der Waals surface area contributed by atoms with Crippen LogP contribution in [0.3, 0.4) is 0 Å². The molecular formula is C15H28N2O2. The van der Waals surface area contributed by atoms with E-state index in [0.29, 0.717) is 11.8 Å². The van der Waals surface area contributed by atoms with Gasteiger partial charge in [-0.15, -0.1) is 0 Å². The second-order valence-electron chi connectivity index (χ2n) is 6.54. The van der Waals surface area contributed by atoms with E-state index < -0.39 is 0 Å². The maximum absolute atomic E-state index is 12.4. The van der Waals surface area contributed by atoms with Gasteiger partial charge in [0.1, 0.15) is 0 Å². The van der Waals surface area contributed by atoms with Gasteiger partial charge in [0.2, 0.25) is 5.91 Å². The summed E-state index contributed by atoms with van der Waals surface area (Å²) in [7, 11) is 0. The van der Waals surface area contributed by atoms with Crippen LogP contribution < -0.4 is 10.6 Å². The second kappa shape index (κ2) is 6.71. The first kappa shape index (κ1) is 14.8. The van der Waals surface area contributed by atoms with Gasteiger partial charge in [0, 0.05) is 25.2 Å². The van der Waals surface area contributed by atoms with Crippen LogP contribution >= 0.6 is 0 Å². The highest BCUT2D eigenvalue weighted by Gasteiger charge is 2.37. The predicted octanol–water partition coefficient (Wildman–Crippen LogP) is 1.56. The number of hydrogen-bond donors (Lipinski definition) is 2. The average Bonchev–Trinajstić information content (AvgIpc) is 2.93. The van der Waals surface area contributed by atoms with Crippen LogP contribution in [0.4, 0.5) is 0 Å². The lowest BCUT2D eigenvalue weighted by molar-refractivity contribution is -0.132. The molecule has 2 atom stereocenters. The molecule has 0 aliphatic carbocycles. The summed E-state index contributed by atoms with van der Waals surface area (Å²) in [6.45, 7) is 8.77. The van der Waals surface area contributed by atoms with Crippen molar-refractivity contribution in [3.05, 3.63) is 0 Å². The van der Waals surface area contributed by atoms with Gasteiger partial charge in [-0.3, -0.25) is 4.79 Å². The van der Waals surface area contributed by atoms with E-state index in [0.717, 1.165) is 52.1 Å². The lowest BCUT2D eigenvalue weighted by Gasteiger charge is -2.36. The molecule has 2 aliphatic rings. The Balaban J connectivity index is 1.73. The Morgan fingerprint density at radius 2 is 2.26 bits per heavy atom. The zero-order chi connectivity index (χ0) is 13.7. The third kappa shape index (κ3) is 3.93. The molecule has 110 valence electrons. The highest BCUT2D eigenvalue weighted by molar-refractivity contribution is 5.82. The Hall–Kier alpha value is -0.610. The first-order valence-electron chi connectivity index (χ1n) is 7.67. The summed E-state index contributed by atoms with van der Waals surface area (Å²) in [4.78, 5) is 12.4. The second-order valence-corrected chi connectivity index (χ2v) is 6.54. The van der Waals surface area contributed by atoms with Crippen molar-refractivity contribution in [3.8, 4) is 0 Å². The third-order valence-electron chi connectivity index (χ3n) is 4.76. The van der Waals surface area contributed by atoms with Crippen LogP contribution in [-0.2, 0) is 9.53 Å². The first-order chi connectivity index (χ1) is 9.10. The summed E-state index contributed by atoms with van der Waals surface area (Å²) in [5, 5.41) is 6.52. The van der Waals surface area contributed by atoms with Crippen molar-refractivity contribution in [2.24, 2.45) is 17.3 Å². The van der Waals surface area contributed by atoms with Crippen LogP contribution in [-0.4, -0.2) is 38.8 Å². The van der Waals surface area contributed by atoms with Gasteiger partial charge in [-0.05, 0) is 50.6 Å². The molecule has 2 rings (SSSR count). The Bertz CT molecular complexity index is 293. The fourth-order valence-corrected chi connectivity index (χ4v) is 3.08. The van der Waals surface area contributed by atoms with Crippen molar-refractivity contribution in [1.82, 2.24) is 10.6 Å². The van der Waals surface area contributed by atoms with Gasteiger partial charge in [-0.25, -0.2) is 0 Å². The van der Waals surface area contributed by atoms with Gasteiger partial charge >= 0.3 is 0 Å². The van der Waals surface area contributed by atoms with Crippen molar-refractivity contribution >= 4 is 5.91 Å². The zero-order valence-electron chi connectivity index (χ0n) is 12.3. The maximum atomic E-state index is 12.4. The van der Waals surface area contributed by atoms with Crippen LogP contribution in [0.2, 0.25) is 0 Å². The molecule has 0 radical (unpaired) electrons. The Labute approximate surface area is 116 Å². The van der Waals surface area contributed by atoms with E-state index in [-0.39, 0.29) is 11.3 Å². The van der Waals surface area contributed by atoms with Gasteiger partial charge in [-0.2, -0.15) is 0 Å². The van der Waals surface area contributed by atoms with E-state index in [2.05, 4.69) is 24.5 Å². The number of piperidine rings is 1. The molecule has 19 heavy (non-hydrogen) atoms. The lowest BCUT2D eigenvalue weighted by Crippen LogP contribution is -2.47. The summed E-state index contributed by atoms with van der Waals surface area (Å²) in [5.74, 6) is 1.30. The molecule has 0 aromatic heterocycles. The maximum Gasteiger partial charge on any atom is 0.225 e. The summed E-state index contributed by atoms with van der Waals surface area (Å²) in [5.41, 5.74) is -0.264. The molecule has 2 fully saturated rings. The summed E-state index contributed by atoms with van der Waals surface area (Å²) in [6, 6.07) is 0. The molecule has 0 saturated carbocycles. The van der Waals surface area contributed by atoms with Crippen molar-refractivity contribution in [1.29, 1.82) is 0 Å². The van der Waals surface area contributed by atoms with Crippen molar-refractivity contribution in [2.75, 3.05) is 32.8 Å². The monoisotopic (exact) mass is 268 g/mol. The van der Waals surface area contributed by atoms with Gasteiger partial charge in [0.25, 0.3) is 0 Å². The molecule has 4 nitrogen and oxygen atoms in total. The minimum absolute atomic E-state index is 0.208. The van der Waals surface area contributed by atoms with Crippen LogP contribution in [0.5, 0.6) is 0 Å². The average molecular weight is 268 g/mol. The Morgan fingerprint density at radius 3 is 2.89 bits per heavy atom. The normalized spacial score (nSPS) is 28.3. The highest BCUT2D eigenvalue weighted by atomic mass is 16.5. The van der Waals surface area contributed by atoms with E-state index in [4.69, 9.17) is 4.74 Å². The molecule has 0 aromatic carbocycles. The fraction of sp³-hybridized carbons (Fsp3) is 0.933. The minimum Gasteiger partial charge on any atom is -0.381 e. The topological polar surface area (TPSA) is 50.4 Å². The van der Waals surface area contributed by atoms with E-state index in [9.17, 15) is 4.79 Å². The van der Waals surface area contributed by atoms with Crippen molar-refractivity contribution < 1.29 is 9.53 Å². The van der Waals surface area contributed by atoms with Gasteiger partial charge < -0.3 is 15.4 Å². The smallest absolute Gasteiger partial charge is 0.225 e. The highest BCUT2D eigenvalue weighted by Crippen LogP contribution is 2.31. The molecule has 1 amide bonds. The van der Waals surface area contributed by atoms with Crippen LogP contribution in [0.1, 0.15) is 39.5 Å². The van der Waals surface area contributed by atoms with E-state index in [1.807, 2.05) is 0 Å².